The number of nitrogens with zero attached hydrogens (tertiary/aromatic N) is 1. The fourth-order valence-electron chi connectivity index (χ4n) is 3.33. The smallest absolute Gasteiger partial charge is 0.308 e. The summed E-state index contributed by atoms with van der Waals surface area (Å²) >= 11 is 1.07. The summed E-state index contributed by atoms with van der Waals surface area (Å²) in [6.07, 6.45) is 0.838. The molecule has 0 atom stereocenters. The van der Waals surface area contributed by atoms with E-state index in [1.54, 1.807) is 16.7 Å². The first kappa shape index (κ1) is 20.6. The van der Waals surface area contributed by atoms with Crippen molar-refractivity contribution in [3.05, 3.63) is 70.3 Å². The molecule has 0 aliphatic heterocycles. The van der Waals surface area contributed by atoms with Crippen LogP contribution in [0.25, 0.3) is 21.0 Å². The summed E-state index contributed by atoms with van der Waals surface area (Å²) in [6, 6.07) is 18.5. The maximum Gasteiger partial charge on any atom is 0.308 e. The van der Waals surface area contributed by atoms with E-state index in [0.717, 1.165) is 34.0 Å². The molecule has 0 saturated heterocycles. The summed E-state index contributed by atoms with van der Waals surface area (Å²) in [7, 11) is -3.69. The second-order valence-corrected chi connectivity index (χ2v) is 9.66. The van der Waals surface area contributed by atoms with Crippen LogP contribution in [0.3, 0.4) is 0 Å². The predicted octanol–water partition coefficient (Wildman–Crippen LogP) is 3.98. The molecule has 30 heavy (non-hydrogen) atoms. The molecule has 0 aliphatic carbocycles. The topological polar surface area (TPSA) is 77.4 Å². The first-order valence-electron chi connectivity index (χ1n) is 9.72. The standard InChI is InChI=1S/C22H22N2O4S2/c1-2-12-24-20-10-9-19(15-21(20)29-22(24)25)30(26,27)23-11-13-28-18-8-7-16-5-3-4-6-17(16)14-18/h3-10,14-15,23H,2,11-13H2,1H3. The summed E-state index contributed by atoms with van der Waals surface area (Å²) in [5.41, 5.74) is 0.769. The van der Waals surface area contributed by atoms with Gasteiger partial charge in [-0.2, -0.15) is 0 Å². The van der Waals surface area contributed by atoms with Gasteiger partial charge in [-0.25, -0.2) is 13.1 Å². The molecule has 0 spiro atoms. The second-order valence-electron chi connectivity index (χ2n) is 6.90. The van der Waals surface area contributed by atoms with Crippen LogP contribution in [0.15, 0.2) is 70.4 Å². The molecule has 0 fully saturated rings. The molecule has 156 valence electrons. The molecular weight excluding hydrogens is 420 g/mol. The van der Waals surface area contributed by atoms with Gasteiger partial charge < -0.3 is 4.74 Å². The lowest BCUT2D eigenvalue weighted by Crippen LogP contribution is -2.28. The maximum atomic E-state index is 12.6. The van der Waals surface area contributed by atoms with Crippen molar-refractivity contribution in [1.29, 1.82) is 0 Å². The molecule has 0 amide bonds. The van der Waals surface area contributed by atoms with Gasteiger partial charge in [-0.05, 0) is 47.5 Å². The molecule has 1 N–H and O–H groups in total. The van der Waals surface area contributed by atoms with Gasteiger partial charge in [0.1, 0.15) is 12.4 Å². The van der Waals surface area contributed by atoms with Gasteiger partial charge in [-0.3, -0.25) is 9.36 Å². The third-order valence-corrected chi connectivity index (χ3v) is 7.18. The fourth-order valence-corrected chi connectivity index (χ4v) is 5.40. The van der Waals surface area contributed by atoms with Crippen LogP contribution in [0.2, 0.25) is 0 Å². The molecule has 0 bridgehead atoms. The number of hydrogen-bond donors (Lipinski definition) is 1. The van der Waals surface area contributed by atoms with Gasteiger partial charge >= 0.3 is 4.87 Å². The summed E-state index contributed by atoms with van der Waals surface area (Å²) < 4.78 is 35.9. The van der Waals surface area contributed by atoms with Crippen molar-refractivity contribution in [3.8, 4) is 5.75 Å². The Balaban J connectivity index is 1.41. The van der Waals surface area contributed by atoms with E-state index in [4.69, 9.17) is 4.74 Å². The first-order chi connectivity index (χ1) is 14.5. The van der Waals surface area contributed by atoms with Gasteiger partial charge in [0, 0.05) is 13.1 Å². The van der Waals surface area contributed by atoms with Crippen molar-refractivity contribution in [3.63, 3.8) is 0 Å². The van der Waals surface area contributed by atoms with E-state index in [1.165, 1.54) is 6.07 Å². The largest absolute Gasteiger partial charge is 0.492 e. The Labute approximate surface area is 178 Å². The molecule has 1 aromatic heterocycles. The number of hydrogen-bond acceptors (Lipinski definition) is 5. The lowest BCUT2D eigenvalue weighted by molar-refractivity contribution is 0.323. The van der Waals surface area contributed by atoms with E-state index in [1.807, 2.05) is 49.4 Å². The molecule has 4 rings (SSSR count). The van der Waals surface area contributed by atoms with Crippen molar-refractivity contribution in [2.24, 2.45) is 0 Å². The van der Waals surface area contributed by atoms with Crippen molar-refractivity contribution in [1.82, 2.24) is 9.29 Å². The number of thiazole rings is 1. The van der Waals surface area contributed by atoms with Gasteiger partial charge in [0.05, 0.1) is 15.1 Å². The number of rotatable bonds is 8. The number of nitrogens with one attached hydrogen (secondary N) is 1. The van der Waals surface area contributed by atoms with E-state index in [-0.39, 0.29) is 22.9 Å². The average Bonchev–Trinajstić information content (AvgIpc) is 3.06. The summed E-state index contributed by atoms with van der Waals surface area (Å²) in [5, 5.41) is 2.19. The van der Waals surface area contributed by atoms with Crippen LogP contribution in [0.5, 0.6) is 5.75 Å². The summed E-state index contributed by atoms with van der Waals surface area (Å²) in [6.45, 7) is 2.97. The molecule has 1 heterocycles. The van der Waals surface area contributed by atoms with Gasteiger partial charge in [-0.15, -0.1) is 0 Å². The molecule has 0 unspecified atom stereocenters. The van der Waals surface area contributed by atoms with E-state index < -0.39 is 10.0 Å². The summed E-state index contributed by atoms with van der Waals surface area (Å²) in [4.78, 5) is 12.2. The average molecular weight is 443 g/mol. The van der Waals surface area contributed by atoms with Gasteiger partial charge in [0.15, 0.2) is 0 Å². The third-order valence-electron chi connectivity index (χ3n) is 4.78. The molecule has 0 radical (unpaired) electrons. The number of aryl methyl sites for hydroxylation is 1. The number of sulfonamides is 1. The molecular formula is C22H22N2O4S2. The quantitative estimate of drug-likeness (QED) is 0.419. The SMILES string of the molecule is CCCn1c(=O)sc2cc(S(=O)(=O)NCCOc3ccc4ccccc4c3)ccc21. The lowest BCUT2D eigenvalue weighted by atomic mass is 10.1. The van der Waals surface area contributed by atoms with E-state index in [2.05, 4.69) is 4.72 Å². The normalized spacial score (nSPS) is 11.9. The summed E-state index contributed by atoms with van der Waals surface area (Å²) in [5.74, 6) is 0.691. The van der Waals surface area contributed by atoms with Gasteiger partial charge in [0.25, 0.3) is 0 Å². The lowest BCUT2D eigenvalue weighted by Gasteiger charge is -2.10. The van der Waals surface area contributed by atoms with Crippen molar-refractivity contribution in [2.75, 3.05) is 13.2 Å². The van der Waals surface area contributed by atoms with E-state index >= 15 is 0 Å². The monoisotopic (exact) mass is 442 g/mol. The van der Waals surface area contributed by atoms with E-state index in [0.29, 0.717) is 17.0 Å². The van der Waals surface area contributed by atoms with Crippen LogP contribution in [0.4, 0.5) is 0 Å². The Bertz CT molecular complexity index is 1360. The maximum absolute atomic E-state index is 12.6. The van der Waals surface area contributed by atoms with Gasteiger partial charge in [0.2, 0.25) is 10.0 Å². The zero-order valence-corrected chi connectivity index (χ0v) is 18.1. The molecule has 4 aromatic rings. The zero-order valence-electron chi connectivity index (χ0n) is 16.5. The Morgan fingerprint density at radius 2 is 1.83 bits per heavy atom. The Kier molecular flexibility index (Phi) is 5.90. The van der Waals surface area contributed by atoms with Gasteiger partial charge in [-0.1, -0.05) is 48.6 Å². The Hall–Kier alpha value is -2.68. The van der Waals surface area contributed by atoms with Crippen molar-refractivity contribution in [2.45, 2.75) is 24.8 Å². The molecule has 8 heteroatoms. The highest BCUT2D eigenvalue weighted by atomic mass is 32.2. The molecule has 3 aromatic carbocycles. The number of fused-ring (bicyclic) bond motifs is 2. The van der Waals surface area contributed by atoms with Crippen LogP contribution in [-0.4, -0.2) is 26.1 Å². The highest BCUT2D eigenvalue weighted by Crippen LogP contribution is 2.22. The molecule has 0 aliphatic rings. The van der Waals surface area contributed by atoms with Crippen LogP contribution in [0, 0.1) is 0 Å². The first-order valence-corrected chi connectivity index (χ1v) is 12.0. The number of benzene rings is 3. The minimum atomic E-state index is -3.69. The molecule has 6 nitrogen and oxygen atoms in total. The highest BCUT2D eigenvalue weighted by Gasteiger charge is 2.16. The van der Waals surface area contributed by atoms with Crippen LogP contribution < -0.4 is 14.3 Å². The minimum Gasteiger partial charge on any atom is -0.492 e. The second kappa shape index (κ2) is 8.59. The number of ether oxygens (including phenoxy) is 1. The highest BCUT2D eigenvalue weighted by molar-refractivity contribution is 7.89. The molecule has 0 saturated carbocycles. The van der Waals surface area contributed by atoms with Crippen LogP contribution in [-0.2, 0) is 16.6 Å². The number of aromatic nitrogens is 1. The fraction of sp³-hybridized carbons (Fsp3) is 0.227. The Morgan fingerprint density at radius 1 is 1.03 bits per heavy atom. The van der Waals surface area contributed by atoms with Crippen molar-refractivity contribution >= 4 is 42.3 Å². The van der Waals surface area contributed by atoms with Crippen molar-refractivity contribution < 1.29 is 13.2 Å². The van der Waals surface area contributed by atoms with Crippen LogP contribution in [0.1, 0.15) is 13.3 Å². The Morgan fingerprint density at radius 3 is 2.63 bits per heavy atom. The van der Waals surface area contributed by atoms with E-state index in [9.17, 15) is 13.2 Å². The predicted molar refractivity (Wildman–Crippen MR) is 121 cm³/mol. The zero-order chi connectivity index (χ0) is 21.1. The minimum absolute atomic E-state index is 0.0712. The van der Waals surface area contributed by atoms with Crippen LogP contribution >= 0.6 is 11.3 Å². The third kappa shape index (κ3) is 4.26.